The van der Waals surface area contributed by atoms with Crippen LogP contribution in [0.4, 0.5) is 0 Å². The van der Waals surface area contributed by atoms with E-state index in [1.807, 2.05) is 0 Å². The lowest BCUT2D eigenvalue weighted by Gasteiger charge is -2.35. The van der Waals surface area contributed by atoms with Crippen LogP contribution in [0.1, 0.15) is 66.2 Å². The van der Waals surface area contributed by atoms with Crippen molar-refractivity contribution < 1.29 is 0 Å². The first kappa shape index (κ1) is 14.0. The zero-order valence-corrected chi connectivity index (χ0v) is 12.0. The summed E-state index contributed by atoms with van der Waals surface area (Å²) in [4.78, 5) is 0. The Balaban J connectivity index is 2.53. The standard InChI is InChI=1S/C15H31N/c1-6-8-12(2)11-14(16-5)13-9-7-10-15(13,3)4/h12-14,16H,6-11H2,1-5H3. The van der Waals surface area contributed by atoms with E-state index in [9.17, 15) is 0 Å². The van der Waals surface area contributed by atoms with Gasteiger partial charge in [-0.15, -0.1) is 0 Å². The summed E-state index contributed by atoms with van der Waals surface area (Å²) in [5.74, 6) is 1.76. The molecule has 0 amide bonds. The van der Waals surface area contributed by atoms with E-state index in [1.165, 1.54) is 38.5 Å². The highest BCUT2D eigenvalue weighted by molar-refractivity contribution is 4.92. The van der Waals surface area contributed by atoms with Crippen LogP contribution < -0.4 is 5.32 Å². The van der Waals surface area contributed by atoms with E-state index in [4.69, 9.17) is 0 Å². The molecule has 0 saturated heterocycles. The van der Waals surface area contributed by atoms with Crippen molar-refractivity contribution in [2.24, 2.45) is 17.3 Å². The molecule has 1 aliphatic rings. The van der Waals surface area contributed by atoms with E-state index in [0.29, 0.717) is 5.41 Å². The molecule has 0 spiro atoms. The Labute approximate surface area is 102 Å². The molecule has 1 fully saturated rings. The smallest absolute Gasteiger partial charge is 0.00999 e. The molecule has 0 bridgehead atoms. The van der Waals surface area contributed by atoms with Crippen LogP contribution in [0.25, 0.3) is 0 Å². The molecule has 0 aromatic rings. The van der Waals surface area contributed by atoms with Gasteiger partial charge in [0.2, 0.25) is 0 Å². The Bertz CT molecular complexity index is 198. The van der Waals surface area contributed by atoms with Gasteiger partial charge in [0.25, 0.3) is 0 Å². The number of hydrogen-bond acceptors (Lipinski definition) is 1. The second-order valence-corrected chi connectivity index (χ2v) is 6.51. The first-order chi connectivity index (χ1) is 7.51. The highest BCUT2D eigenvalue weighted by Crippen LogP contribution is 2.45. The molecule has 0 aromatic heterocycles. The van der Waals surface area contributed by atoms with Crippen LogP contribution >= 0.6 is 0 Å². The SMILES string of the molecule is CCCC(C)CC(NC)C1CCCC1(C)C. The molecule has 0 heterocycles. The van der Waals surface area contributed by atoms with Gasteiger partial charge in [-0.05, 0) is 43.6 Å². The molecule has 1 heteroatoms. The fraction of sp³-hybridized carbons (Fsp3) is 1.00. The molecule has 1 rings (SSSR count). The van der Waals surface area contributed by atoms with Gasteiger partial charge >= 0.3 is 0 Å². The maximum Gasteiger partial charge on any atom is 0.00999 e. The third kappa shape index (κ3) is 3.48. The molecule has 1 saturated carbocycles. The van der Waals surface area contributed by atoms with E-state index in [1.54, 1.807) is 0 Å². The van der Waals surface area contributed by atoms with E-state index in [2.05, 4.69) is 40.1 Å². The Morgan fingerprint density at radius 1 is 1.38 bits per heavy atom. The highest BCUT2D eigenvalue weighted by Gasteiger charge is 2.39. The van der Waals surface area contributed by atoms with E-state index in [-0.39, 0.29) is 0 Å². The first-order valence-electron chi connectivity index (χ1n) is 7.18. The van der Waals surface area contributed by atoms with Crippen LogP contribution in [0.5, 0.6) is 0 Å². The van der Waals surface area contributed by atoms with Crippen LogP contribution in [0, 0.1) is 17.3 Å². The molecular formula is C15H31N. The summed E-state index contributed by atoms with van der Waals surface area (Å²) in [7, 11) is 2.15. The summed E-state index contributed by atoms with van der Waals surface area (Å²) in [6, 6.07) is 0.735. The predicted octanol–water partition coefficient (Wildman–Crippen LogP) is 4.23. The van der Waals surface area contributed by atoms with Crippen molar-refractivity contribution in [3.8, 4) is 0 Å². The van der Waals surface area contributed by atoms with Gasteiger partial charge in [-0.3, -0.25) is 0 Å². The Hall–Kier alpha value is -0.0400. The number of rotatable bonds is 6. The zero-order valence-electron chi connectivity index (χ0n) is 12.0. The number of hydrogen-bond donors (Lipinski definition) is 1. The Morgan fingerprint density at radius 3 is 2.50 bits per heavy atom. The van der Waals surface area contributed by atoms with Gasteiger partial charge in [0.15, 0.2) is 0 Å². The highest BCUT2D eigenvalue weighted by atomic mass is 14.9. The second-order valence-electron chi connectivity index (χ2n) is 6.51. The lowest BCUT2D eigenvalue weighted by atomic mass is 9.75. The van der Waals surface area contributed by atoms with Crippen molar-refractivity contribution in [3.63, 3.8) is 0 Å². The molecule has 16 heavy (non-hydrogen) atoms. The average molecular weight is 225 g/mol. The summed E-state index contributed by atoms with van der Waals surface area (Å²) in [5.41, 5.74) is 0.555. The maximum absolute atomic E-state index is 3.59. The van der Waals surface area contributed by atoms with Crippen LogP contribution in [0.2, 0.25) is 0 Å². The van der Waals surface area contributed by atoms with Gasteiger partial charge in [-0.25, -0.2) is 0 Å². The lowest BCUT2D eigenvalue weighted by Crippen LogP contribution is -2.40. The van der Waals surface area contributed by atoms with Gasteiger partial charge in [0, 0.05) is 6.04 Å². The van der Waals surface area contributed by atoms with Gasteiger partial charge < -0.3 is 5.32 Å². The average Bonchev–Trinajstić information content (AvgIpc) is 2.55. The van der Waals surface area contributed by atoms with Gasteiger partial charge in [0.1, 0.15) is 0 Å². The molecule has 96 valence electrons. The summed E-state index contributed by atoms with van der Waals surface area (Å²) in [6.45, 7) is 9.62. The minimum atomic E-state index is 0.555. The van der Waals surface area contributed by atoms with Crippen molar-refractivity contribution >= 4 is 0 Å². The molecule has 0 aliphatic heterocycles. The molecule has 1 aliphatic carbocycles. The maximum atomic E-state index is 3.59. The molecule has 3 atom stereocenters. The molecule has 0 aromatic carbocycles. The minimum absolute atomic E-state index is 0.555. The first-order valence-corrected chi connectivity index (χ1v) is 7.18. The van der Waals surface area contributed by atoms with Gasteiger partial charge in [-0.2, -0.15) is 0 Å². The minimum Gasteiger partial charge on any atom is -0.317 e. The van der Waals surface area contributed by atoms with Crippen LogP contribution in [0.3, 0.4) is 0 Å². The normalized spacial score (nSPS) is 27.9. The largest absolute Gasteiger partial charge is 0.317 e. The molecule has 0 radical (unpaired) electrons. The Kier molecular flexibility index (Phi) is 5.30. The summed E-state index contributed by atoms with van der Waals surface area (Å²) in [6.07, 6.45) is 8.34. The monoisotopic (exact) mass is 225 g/mol. The Morgan fingerprint density at radius 2 is 2.06 bits per heavy atom. The number of nitrogens with one attached hydrogen (secondary N) is 1. The van der Waals surface area contributed by atoms with Gasteiger partial charge in [-0.1, -0.05) is 47.0 Å². The van der Waals surface area contributed by atoms with E-state index >= 15 is 0 Å². The molecule has 3 unspecified atom stereocenters. The van der Waals surface area contributed by atoms with E-state index in [0.717, 1.165) is 17.9 Å². The van der Waals surface area contributed by atoms with Crippen molar-refractivity contribution in [1.29, 1.82) is 0 Å². The molecule has 1 nitrogen and oxygen atoms in total. The third-order valence-corrected chi connectivity index (χ3v) is 4.63. The zero-order chi connectivity index (χ0) is 12.2. The fourth-order valence-corrected chi connectivity index (χ4v) is 3.63. The van der Waals surface area contributed by atoms with Crippen LogP contribution in [-0.2, 0) is 0 Å². The molecular weight excluding hydrogens is 194 g/mol. The van der Waals surface area contributed by atoms with Gasteiger partial charge in [0.05, 0.1) is 0 Å². The van der Waals surface area contributed by atoms with Crippen molar-refractivity contribution in [2.75, 3.05) is 7.05 Å². The summed E-state index contributed by atoms with van der Waals surface area (Å²) >= 11 is 0. The van der Waals surface area contributed by atoms with Crippen LogP contribution in [-0.4, -0.2) is 13.1 Å². The lowest BCUT2D eigenvalue weighted by molar-refractivity contribution is 0.181. The molecule has 1 N–H and O–H groups in total. The van der Waals surface area contributed by atoms with E-state index < -0.39 is 0 Å². The third-order valence-electron chi connectivity index (χ3n) is 4.63. The quantitative estimate of drug-likeness (QED) is 0.713. The fourth-order valence-electron chi connectivity index (χ4n) is 3.63. The summed E-state index contributed by atoms with van der Waals surface area (Å²) < 4.78 is 0. The topological polar surface area (TPSA) is 12.0 Å². The van der Waals surface area contributed by atoms with Crippen molar-refractivity contribution in [1.82, 2.24) is 5.32 Å². The van der Waals surface area contributed by atoms with Crippen LogP contribution in [0.15, 0.2) is 0 Å². The van der Waals surface area contributed by atoms with Crippen molar-refractivity contribution in [2.45, 2.75) is 72.3 Å². The summed E-state index contributed by atoms with van der Waals surface area (Å²) in [5, 5.41) is 3.59. The van der Waals surface area contributed by atoms with Crippen molar-refractivity contribution in [3.05, 3.63) is 0 Å². The predicted molar refractivity (Wildman–Crippen MR) is 72.7 cm³/mol. The second kappa shape index (κ2) is 6.05.